The predicted octanol–water partition coefficient (Wildman–Crippen LogP) is 4.45. The highest BCUT2D eigenvalue weighted by atomic mass is 32.1. The number of ether oxygens (including phenoxy) is 1. The summed E-state index contributed by atoms with van der Waals surface area (Å²) in [4.78, 5) is 12.7. The van der Waals surface area contributed by atoms with E-state index in [2.05, 4.69) is 15.5 Å². The largest absolute Gasteiger partial charge is 0.496 e. The number of methoxy groups -OCH3 is 1. The Morgan fingerprint density at radius 1 is 1.20 bits per heavy atom. The average Bonchev–Trinajstić information content (AvgIpc) is 3.07. The molecule has 3 rings (SSSR count). The van der Waals surface area contributed by atoms with E-state index >= 15 is 0 Å². The summed E-state index contributed by atoms with van der Waals surface area (Å²) in [5.41, 5.74) is 2.79. The topological polar surface area (TPSA) is 71.9 Å². The van der Waals surface area contributed by atoms with Crippen LogP contribution in [-0.4, -0.2) is 33.3 Å². The first-order valence-corrected chi connectivity index (χ1v) is 10.3. The third-order valence-corrected chi connectivity index (χ3v) is 5.24. The minimum Gasteiger partial charge on any atom is -0.496 e. The van der Waals surface area contributed by atoms with Gasteiger partial charge in [0.2, 0.25) is 5.91 Å². The number of amides is 1. The van der Waals surface area contributed by atoms with Crippen LogP contribution in [0.4, 0.5) is 0 Å². The highest BCUT2D eigenvalue weighted by Crippen LogP contribution is 2.23. The lowest BCUT2D eigenvalue weighted by Crippen LogP contribution is -2.45. The molecule has 1 amide bonds. The average molecular weight is 425 g/mol. The van der Waals surface area contributed by atoms with Crippen LogP contribution in [0, 0.1) is 11.7 Å². The van der Waals surface area contributed by atoms with E-state index in [0.29, 0.717) is 24.2 Å². The third-order valence-electron chi connectivity index (χ3n) is 4.93. The number of benzene rings is 2. The number of nitrogens with zero attached hydrogens (tertiary/aromatic N) is 2. The smallest absolute Gasteiger partial charge is 0.222 e. The molecule has 0 unspecified atom stereocenters. The molecule has 0 radical (unpaired) electrons. The van der Waals surface area contributed by atoms with E-state index in [1.807, 2.05) is 73.9 Å². The molecule has 0 saturated carbocycles. The van der Waals surface area contributed by atoms with Crippen LogP contribution in [0.25, 0.3) is 11.4 Å². The number of aryl methyl sites for hydroxylation is 1. The highest BCUT2D eigenvalue weighted by Gasteiger charge is 2.23. The molecule has 0 aliphatic heterocycles. The van der Waals surface area contributed by atoms with E-state index in [-0.39, 0.29) is 5.91 Å². The molecule has 6 nitrogen and oxygen atoms in total. The Balaban J connectivity index is 1.65. The fourth-order valence-corrected chi connectivity index (χ4v) is 3.69. The van der Waals surface area contributed by atoms with Gasteiger partial charge in [-0.15, -0.1) is 0 Å². The second-order valence-electron chi connectivity index (χ2n) is 8.04. The molecule has 0 aliphatic rings. The quantitative estimate of drug-likeness (QED) is 0.524. The maximum absolute atomic E-state index is 12.7. The van der Waals surface area contributed by atoms with Crippen molar-refractivity contribution in [2.45, 2.75) is 45.7 Å². The second-order valence-corrected chi connectivity index (χ2v) is 8.43. The lowest BCUT2D eigenvalue weighted by Gasteiger charge is -2.27. The van der Waals surface area contributed by atoms with E-state index < -0.39 is 5.54 Å². The van der Waals surface area contributed by atoms with E-state index in [1.165, 1.54) is 5.56 Å². The zero-order valence-electron chi connectivity index (χ0n) is 17.9. The van der Waals surface area contributed by atoms with Gasteiger partial charge >= 0.3 is 0 Å². The van der Waals surface area contributed by atoms with Gasteiger partial charge in [-0.3, -0.25) is 14.5 Å². The number of nitrogens with one attached hydrogen (secondary N) is 2. The molecule has 0 saturated heterocycles. The van der Waals surface area contributed by atoms with Gasteiger partial charge in [0.05, 0.1) is 7.11 Å². The second kappa shape index (κ2) is 9.26. The van der Waals surface area contributed by atoms with E-state index in [9.17, 15) is 4.79 Å². The normalized spacial score (nSPS) is 11.3. The van der Waals surface area contributed by atoms with Gasteiger partial charge in [0.25, 0.3) is 0 Å². The van der Waals surface area contributed by atoms with Crippen molar-refractivity contribution in [3.05, 3.63) is 64.4 Å². The van der Waals surface area contributed by atoms with Crippen molar-refractivity contribution in [3.63, 3.8) is 0 Å². The lowest BCUT2D eigenvalue weighted by molar-refractivity contribution is -0.122. The highest BCUT2D eigenvalue weighted by molar-refractivity contribution is 7.71. The number of para-hydroxylation sites is 1. The monoisotopic (exact) mass is 424 g/mol. The third kappa shape index (κ3) is 5.36. The molecule has 158 valence electrons. The molecule has 30 heavy (non-hydrogen) atoms. The molecule has 0 fully saturated rings. The molecule has 2 N–H and O–H groups in total. The first-order chi connectivity index (χ1) is 14.3. The molecule has 0 atom stereocenters. The Labute approximate surface area is 182 Å². The summed E-state index contributed by atoms with van der Waals surface area (Å²) < 4.78 is 7.80. The number of hydrogen-bond donors (Lipinski definition) is 2. The van der Waals surface area contributed by atoms with Crippen molar-refractivity contribution >= 4 is 18.1 Å². The molecule has 1 heterocycles. The Kier molecular flexibility index (Phi) is 6.72. The van der Waals surface area contributed by atoms with Crippen LogP contribution >= 0.6 is 12.2 Å². The maximum atomic E-state index is 12.7. The summed E-state index contributed by atoms with van der Waals surface area (Å²) in [6.07, 6.45) is 0.977. The van der Waals surface area contributed by atoms with Gasteiger partial charge in [0.15, 0.2) is 10.6 Å². The molecular weight excluding hydrogens is 396 g/mol. The molecule has 0 spiro atoms. The van der Waals surface area contributed by atoms with E-state index in [0.717, 1.165) is 22.7 Å². The Hall–Kier alpha value is -2.93. The summed E-state index contributed by atoms with van der Waals surface area (Å²) in [6.45, 7) is 6.52. The Morgan fingerprint density at radius 2 is 1.90 bits per heavy atom. The molecule has 3 aromatic rings. The first kappa shape index (κ1) is 21.8. The fourth-order valence-electron chi connectivity index (χ4n) is 3.47. The van der Waals surface area contributed by atoms with E-state index in [4.69, 9.17) is 17.0 Å². The van der Waals surface area contributed by atoms with Crippen molar-refractivity contribution in [1.82, 2.24) is 20.1 Å². The van der Waals surface area contributed by atoms with Gasteiger partial charge in [-0.2, -0.15) is 5.10 Å². The summed E-state index contributed by atoms with van der Waals surface area (Å²) in [5.74, 6) is 1.53. The lowest BCUT2D eigenvalue weighted by atomic mass is 9.94. The van der Waals surface area contributed by atoms with Gasteiger partial charge in [0, 0.05) is 24.1 Å². The molecular formula is C23H28N4O2S. The Bertz CT molecular complexity index is 1070. The molecule has 0 bridgehead atoms. The zero-order chi connectivity index (χ0) is 21.7. The standard InChI is InChI=1S/C23H28N4O2S/c1-16-9-11-17(12-10-16)21-25-26-22(30)27(21)14-13-20(28)24-23(2,3)15-18-7-5-6-8-19(18)29-4/h5-12H,13-15H2,1-4H3,(H,24,28)(H,26,30). The number of carbonyl (C=O) groups excluding carboxylic acids is 1. The number of aromatic amines is 1. The van der Waals surface area contributed by atoms with Crippen molar-refractivity contribution in [2.24, 2.45) is 0 Å². The van der Waals surface area contributed by atoms with Crippen LogP contribution in [0.1, 0.15) is 31.4 Å². The minimum absolute atomic E-state index is 0.0344. The van der Waals surface area contributed by atoms with Crippen molar-refractivity contribution in [3.8, 4) is 17.1 Å². The number of hydrogen-bond acceptors (Lipinski definition) is 4. The summed E-state index contributed by atoms with van der Waals surface area (Å²) in [7, 11) is 1.66. The number of carbonyl (C=O) groups is 1. The SMILES string of the molecule is COc1ccccc1CC(C)(C)NC(=O)CCn1c(-c2ccc(C)cc2)n[nH]c1=S. The van der Waals surface area contributed by atoms with Crippen molar-refractivity contribution in [1.29, 1.82) is 0 Å². The fraction of sp³-hybridized carbons (Fsp3) is 0.348. The van der Waals surface area contributed by atoms with Gasteiger partial charge in [-0.05, 0) is 51.0 Å². The van der Waals surface area contributed by atoms with Crippen molar-refractivity contribution in [2.75, 3.05) is 7.11 Å². The van der Waals surface area contributed by atoms with Crippen LogP contribution in [-0.2, 0) is 17.8 Å². The number of H-pyrrole nitrogens is 1. The van der Waals surface area contributed by atoms with Gasteiger partial charge < -0.3 is 10.1 Å². The summed E-state index contributed by atoms with van der Waals surface area (Å²) in [5, 5.41) is 10.3. The van der Waals surface area contributed by atoms with Gasteiger partial charge in [-0.1, -0.05) is 48.0 Å². The number of aromatic nitrogens is 3. The first-order valence-electron chi connectivity index (χ1n) is 9.94. The molecule has 2 aromatic carbocycles. The van der Waals surface area contributed by atoms with Crippen LogP contribution < -0.4 is 10.1 Å². The maximum Gasteiger partial charge on any atom is 0.222 e. The van der Waals surface area contributed by atoms with Crippen LogP contribution in [0.2, 0.25) is 0 Å². The number of rotatable bonds is 8. The Morgan fingerprint density at radius 3 is 2.60 bits per heavy atom. The molecule has 0 aliphatic carbocycles. The minimum atomic E-state index is -0.413. The molecule has 7 heteroatoms. The molecule has 1 aromatic heterocycles. The van der Waals surface area contributed by atoms with Crippen LogP contribution in [0.15, 0.2) is 48.5 Å². The van der Waals surface area contributed by atoms with Gasteiger partial charge in [-0.25, -0.2) is 0 Å². The summed E-state index contributed by atoms with van der Waals surface area (Å²) in [6, 6.07) is 15.9. The van der Waals surface area contributed by atoms with Crippen LogP contribution in [0.5, 0.6) is 5.75 Å². The predicted molar refractivity (Wildman–Crippen MR) is 121 cm³/mol. The zero-order valence-corrected chi connectivity index (χ0v) is 18.7. The summed E-state index contributed by atoms with van der Waals surface area (Å²) >= 11 is 5.37. The van der Waals surface area contributed by atoms with Gasteiger partial charge in [0.1, 0.15) is 5.75 Å². The van der Waals surface area contributed by atoms with Crippen molar-refractivity contribution < 1.29 is 9.53 Å². The van der Waals surface area contributed by atoms with Crippen LogP contribution in [0.3, 0.4) is 0 Å². The van der Waals surface area contributed by atoms with E-state index in [1.54, 1.807) is 7.11 Å².